The van der Waals surface area contributed by atoms with Gasteiger partial charge in [-0.25, -0.2) is 4.79 Å². The molecule has 0 spiro atoms. The summed E-state index contributed by atoms with van der Waals surface area (Å²) in [4.78, 5) is 14.4. The van der Waals surface area contributed by atoms with E-state index in [1.54, 1.807) is 6.92 Å². The highest BCUT2D eigenvalue weighted by Crippen LogP contribution is 2.12. The van der Waals surface area contributed by atoms with Crippen molar-refractivity contribution in [2.24, 2.45) is 0 Å². The lowest BCUT2D eigenvalue weighted by molar-refractivity contribution is 0.218. The lowest BCUT2D eigenvalue weighted by atomic mass is 10.4. The summed E-state index contributed by atoms with van der Waals surface area (Å²) < 4.78 is 9.37. The van der Waals surface area contributed by atoms with Gasteiger partial charge in [0.15, 0.2) is 0 Å². The van der Waals surface area contributed by atoms with Crippen LogP contribution in [-0.4, -0.2) is 16.7 Å². The van der Waals surface area contributed by atoms with E-state index in [0.29, 0.717) is 6.61 Å². The predicted octanol–water partition coefficient (Wildman–Crippen LogP) is 0.448. The summed E-state index contributed by atoms with van der Waals surface area (Å²) in [6.07, 6.45) is -0.203. The van der Waals surface area contributed by atoms with E-state index >= 15 is 0 Å². The molecule has 1 rings (SSSR count). The standard InChI is InChI=1S/C7H9NO4/c1-3-11-7-8-5(9)4(2)6(10)12-7/h9H,3H2,1-2H3. The fraction of sp³-hybridized carbons (Fsp3) is 0.429. The smallest absolute Gasteiger partial charge is 0.399 e. The highest BCUT2D eigenvalue weighted by molar-refractivity contribution is 5.19. The number of nitrogens with zero attached hydrogens (tertiary/aromatic N) is 1. The topological polar surface area (TPSA) is 72.6 Å². The lowest BCUT2D eigenvalue weighted by Gasteiger charge is -2.00. The maximum atomic E-state index is 10.9. The molecule has 1 N–H and O–H groups in total. The van der Waals surface area contributed by atoms with Gasteiger partial charge in [-0.1, -0.05) is 0 Å². The number of hydrogen-bond donors (Lipinski definition) is 1. The largest absolute Gasteiger partial charge is 0.493 e. The van der Waals surface area contributed by atoms with Gasteiger partial charge in [0, 0.05) is 0 Å². The zero-order valence-electron chi connectivity index (χ0n) is 6.83. The molecule has 0 radical (unpaired) electrons. The molecule has 1 aromatic heterocycles. The molecule has 0 atom stereocenters. The highest BCUT2D eigenvalue weighted by Gasteiger charge is 2.08. The second-order valence-electron chi connectivity index (χ2n) is 2.15. The minimum atomic E-state index is -0.633. The number of aromatic nitrogens is 1. The molecule has 1 aromatic rings. The summed E-state index contributed by atoms with van der Waals surface area (Å²) in [6.45, 7) is 3.47. The Balaban J connectivity index is 3.13. The maximum Gasteiger partial charge on any atom is 0.399 e. The molecule has 0 aliphatic carbocycles. The SMILES string of the molecule is CCOc1nc(O)c(C)c(=O)o1. The van der Waals surface area contributed by atoms with E-state index in [-0.39, 0.29) is 17.5 Å². The van der Waals surface area contributed by atoms with E-state index in [4.69, 9.17) is 9.84 Å². The van der Waals surface area contributed by atoms with Crippen LogP contribution in [0.15, 0.2) is 9.21 Å². The van der Waals surface area contributed by atoms with Crippen LogP contribution in [0.3, 0.4) is 0 Å². The average Bonchev–Trinajstić information content (AvgIpc) is 2.01. The van der Waals surface area contributed by atoms with Crippen molar-refractivity contribution in [2.45, 2.75) is 13.8 Å². The van der Waals surface area contributed by atoms with E-state index < -0.39 is 5.63 Å². The molecule has 0 saturated heterocycles. The molecule has 0 bridgehead atoms. The van der Waals surface area contributed by atoms with Crippen LogP contribution in [0.25, 0.3) is 0 Å². The van der Waals surface area contributed by atoms with Crippen LogP contribution >= 0.6 is 0 Å². The first-order chi connectivity index (χ1) is 5.65. The highest BCUT2D eigenvalue weighted by atomic mass is 16.6. The van der Waals surface area contributed by atoms with E-state index in [9.17, 15) is 4.79 Å². The summed E-state index contributed by atoms with van der Waals surface area (Å²) in [5.41, 5.74) is -0.551. The van der Waals surface area contributed by atoms with E-state index in [1.165, 1.54) is 6.92 Å². The second-order valence-corrected chi connectivity index (χ2v) is 2.15. The first kappa shape index (κ1) is 8.58. The summed E-state index contributed by atoms with van der Waals surface area (Å²) in [7, 11) is 0. The Labute approximate surface area is 68.6 Å². The average molecular weight is 171 g/mol. The van der Waals surface area contributed by atoms with Crippen molar-refractivity contribution >= 4 is 0 Å². The van der Waals surface area contributed by atoms with E-state index in [1.807, 2.05) is 0 Å². The predicted molar refractivity (Wildman–Crippen MR) is 40.3 cm³/mol. The lowest BCUT2D eigenvalue weighted by Crippen LogP contribution is -2.07. The van der Waals surface area contributed by atoms with Gasteiger partial charge in [-0.05, 0) is 13.8 Å². The fourth-order valence-electron chi connectivity index (χ4n) is 0.625. The minimum Gasteiger partial charge on any atom is -0.493 e. The number of hydrogen-bond acceptors (Lipinski definition) is 5. The Hall–Kier alpha value is -1.52. The Morgan fingerprint density at radius 2 is 2.33 bits per heavy atom. The summed E-state index contributed by atoms with van der Waals surface area (Å²) >= 11 is 0. The normalized spacial score (nSPS) is 9.83. The number of aromatic hydroxyl groups is 1. The molecule has 12 heavy (non-hydrogen) atoms. The van der Waals surface area contributed by atoms with Crippen molar-refractivity contribution in [1.82, 2.24) is 4.98 Å². The van der Waals surface area contributed by atoms with Gasteiger partial charge in [-0.15, -0.1) is 4.98 Å². The van der Waals surface area contributed by atoms with Gasteiger partial charge in [0.2, 0.25) is 5.88 Å². The van der Waals surface area contributed by atoms with Crippen molar-refractivity contribution in [3.05, 3.63) is 16.0 Å². The quantitative estimate of drug-likeness (QED) is 0.699. The summed E-state index contributed by atoms with van der Waals surface area (Å²) in [5.74, 6) is -0.352. The van der Waals surface area contributed by atoms with Crippen LogP contribution < -0.4 is 10.4 Å². The van der Waals surface area contributed by atoms with E-state index in [2.05, 4.69) is 9.40 Å². The molecule has 0 saturated carbocycles. The number of ether oxygens (including phenoxy) is 1. The first-order valence-electron chi connectivity index (χ1n) is 3.48. The van der Waals surface area contributed by atoms with Crippen LogP contribution in [0, 0.1) is 6.92 Å². The maximum absolute atomic E-state index is 10.9. The second kappa shape index (κ2) is 3.25. The van der Waals surface area contributed by atoms with Gasteiger partial charge < -0.3 is 14.3 Å². The summed E-state index contributed by atoms with van der Waals surface area (Å²) in [6, 6.07) is 0. The molecule has 0 amide bonds. The molecule has 0 aliphatic rings. The van der Waals surface area contributed by atoms with E-state index in [0.717, 1.165) is 0 Å². The van der Waals surface area contributed by atoms with Gasteiger partial charge in [-0.3, -0.25) is 0 Å². The van der Waals surface area contributed by atoms with Crippen LogP contribution in [0.4, 0.5) is 0 Å². The fourth-order valence-corrected chi connectivity index (χ4v) is 0.625. The Morgan fingerprint density at radius 3 is 2.83 bits per heavy atom. The molecule has 5 nitrogen and oxygen atoms in total. The third-order valence-corrected chi connectivity index (χ3v) is 1.29. The van der Waals surface area contributed by atoms with Crippen LogP contribution in [0.5, 0.6) is 12.0 Å². The van der Waals surface area contributed by atoms with Crippen LogP contribution in [0.2, 0.25) is 0 Å². The number of rotatable bonds is 2. The molecule has 66 valence electrons. The van der Waals surface area contributed by atoms with Gasteiger partial charge >= 0.3 is 11.7 Å². The van der Waals surface area contributed by atoms with Crippen molar-refractivity contribution in [2.75, 3.05) is 6.61 Å². The molecular formula is C7H9NO4. The van der Waals surface area contributed by atoms with Crippen LogP contribution in [0.1, 0.15) is 12.5 Å². The first-order valence-corrected chi connectivity index (χ1v) is 3.48. The van der Waals surface area contributed by atoms with Crippen molar-refractivity contribution < 1.29 is 14.3 Å². The third-order valence-electron chi connectivity index (χ3n) is 1.29. The van der Waals surface area contributed by atoms with Gasteiger partial charge in [0.1, 0.15) is 0 Å². The molecule has 1 heterocycles. The Morgan fingerprint density at radius 1 is 1.67 bits per heavy atom. The molecule has 5 heteroatoms. The van der Waals surface area contributed by atoms with Crippen molar-refractivity contribution in [1.29, 1.82) is 0 Å². The zero-order valence-corrected chi connectivity index (χ0v) is 6.83. The Bertz CT molecular complexity index is 331. The monoisotopic (exact) mass is 171 g/mol. The molecule has 0 fully saturated rings. The molecular weight excluding hydrogens is 162 g/mol. The summed E-state index contributed by atoms with van der Waals surface area (Å²) in [5, 5.41) is 9.06. The van der Waals surface area contributed by atoms with Crippen molar-refractivity contribution in [3.63, 3.8) is 0 Å². The van der Waals surface area contributed by atoms with Gasteiger partial charge in [0.25, 0.3) is 0 Å². The van der Waals surface area contributed by atoms with Crippen molar-refractivity contribution in [3.8, 4) is 12.0 Å². The molecule has 0 aromatic carbocycles. The van der Waals surface area contributed by atoms with Gasteiger partial charge in [0.05, 0.1) is 12.2 Å². The van der Waals surface area contributed by atoms with Gasteiger partial charge in [-0.2, -0.15) is 0 Å². The molecule has 0 aliphatic heterocycles. The Kier molecular flexibility index (Phi) is 2.32. The minimum absolute atomic E-state index is 0.0819. The zero-order chi connectivity index (χ0) is 9.14. The van der Waals surface area contributed by atoms with Crippen LogP contribution in [-0.2, 0) is 0 Å². The molecule has 0 unspecified atom stereocenters. The third kappa shape index (κ3) is 1.55.